The summed E-state index contributed by atoms with van der Waals surface area (Å²) in [5.74, 6) is 0. The lowest BCUT2D eigenvalue weighted by atomic mass is 10.0. The first-order chi connectivity index (χ1) is 6.59. The summed E-state index contributed by atoms with van der Waals surface area (Å²) in [6.07, 6.45) is -0.0480. The lowest BCUT2D eigenvalue weighted by molar-refractivity contribution is 0.0265. The molecule has 1 aromatic carbocycles. The standard InChI is InChI=1S/C11H15ClO2/c1-8(13)11(14)6-5-9-3-2-4-10(12)7-9/h2-4,7-8,11,13-14H,5-6H2,1H3. The van der Waals surface area contributed by atoms with E-state index in [9.17, 15) is 5.11 Å². The maximum atomic E-state index is 9.37. The van der Waals surface area contributed by atoms with Crippen LogP contribution in [-0.2, 0) is 6.42 Å². The van der Waals surface area contributed by atoms with Crippen LogP contribution in [0.25, 0.3) is 0 Å². The number of aliphatic hydroxyl groups excluding tert-OH is 2. The van der Waals surface area contributed by atoms with Gasteiger partial charge in [0.15, 0.2) is 0 Å². The molecule has 0 saturated carbocycles. The average molecular weight is 215 g/mol. The van der Waals surface area contributed by atoms with Gasteiger partial charge in [0.1, 0.15) is 0 Å². The minimum absolute atomic E-state index is 0.554. The van der Waals surface area contributed by atoms with Gasteiger partial charge in [0.05, 0.1) is 12.2 Å². The third kappa shape index (κ3) is 3.66. The van der Waals surface area contributed by atoms with E-state index in [0.29, 0.717) is 11.4 Å². The first-order valence-electron chi connectivity index (χ1n) is 4.70. The zero-order chi connectivity index (χ0) is 10.6. The number of aliphatic hydroxyl groups is 2. The van der Waals surface area contributed by atoms with Gasteiger partial charge in [-0.15, -0.1) is 0 Å². The highest BCUT2D eigenvalue weighted by Crippen LogP contribution is 2.13. The van der Waals surface area contributed by atoms with Gasteiger partial charge >= 0.3 is 0 Å². The molecule has 2 unspecified atom stereocenters. The second kappa shape index (κ2) is 5.35. The Morgan fingerprint density at radius 3 is 2.64 bits per heavy atom. The summed E-state index contributed by atoms with van der Waals surface area (Å²) >= 11 is 5.81. The van der Waals surface area contributed by atoms with Gasteiger partial charge in [-0.25, -0.2) is 0 Å². The van der Waals surface area contributed by atoms with Crippen molar-refractivity contribution in [1.29, 1.82) is 0 Å². The molecule has 2 nitrogen and oxygen atoms in total. The number of hydrogen-bond acceptors (Lipinski definition) is 2. The fraction of sp³-hybridized carbons (Fsp3) is 0.455. The van der Waals surface area contributed by atoms with E-state index < -0.39 is 12.2 Å². The molecule has 0 heterocycles. The molecule has 0 aliphatic carbocycles. The maximum absolute atomic E-state index is 9.37. The summed E-state index contributed by atoms with van der Waals surface area (Å²) in [6, 6.07) is 7.53. The summed E-state index contributed by atoms with van der Waals surface area (Å²) in [4.78, 5) is 0. The van der Waals surface area contributed by atoms with Gasteiger partial charge in [0, 0.05) is 5.02 Å². The van der Waals surface area contributed by atoms with Crippen molar-refractivity contribution in [3.63, 3.8) is 0 Å². The number of benzene rings is 1. The predicted molar refractivity (Wildman–Crippen MR) is 57.5 cm³/mol. The van der Waals surface area contributed by atoms with Gasteiger partial charge in [-0.05, 0) is 37.5 Å². The summed E-state index contributed by atoms with van der Waals surface area (Å²) < 4.78 is 0. The zero-order valence-corrected chi connectivity index (χ0v) is 8.91. The first kappa shape index (κ1) is 11.5. The fourth-order valence-electron chi connectivity index (χ4n) is 1.25. The van der Waals surface area contributed by atoms with Crippen molar-refractivity contribution in [2.45, 2.75) is 32.0 Å². The smallest absolute Gasteiger partial charge is 0.0799 e. The summed E-state index contributed by atoms with van der Waals surface area (Å²) in [6.45, 7) is 1.59. The zero-order valence-electron chi connectivity index (χ0n) is 8.15. The highest BCUT2D eigenvalue weighted by molar-refractivity contribution is 6.30. The van der Waals surface area contributed by atoms with Gasteiger partial charge in [0.25, 0.3) is 0 Å². The number of rotatable bonds is 4. The topological polar surface area (TPSA) is 40.5 Å². The van der Waals surface area contributed by atoms with Crippen molar-refractivity contribution in [3.8, 4) is 0 Å². The molecule has 1 rings (SSSR count). The largest absolute Gasteiger partial charge is 0.391 e. The molecule has 0 radical (unpaired) electrons. The van der Waals surface area contributed by atoms with Crippen LogP contribution < -0.4 is 0 Å². The minimum atomic E-state index is -0.672. The Kier molecular flexibility index (Phi) is 4.39. The van der Waals surface area contributed by atoms with Gasteiger partial charge < -0.3 is 10.2 Å². The Labute approximate surface area is 89.1 Å². The van der Waals surface area contributed by atoms with E-state index in [1.54, 1.807) is 6.92 Å². The Morgan fingerprint density at radius 2 is 2.07 bits per heavy atom. The number of halogens is 1. The molecule has 2 N–H and O–H groups in total. The van der Waals surface area contributed by atoms with Crippen LogP contribution in [0.2, 0.25) is 5.02 Å². The molecule has 14 heavy (non-hydrogen) atoms. The van der Waals surface area contributed by atoms with Crippen molar-refractivity contribution in [3.05, 3.63) is 34.9 Å². The molecule has 0 fully saturated rings. The Morgan fingerprint density at radius 1 is 1.36 bits per heavy atom. The van der Waals surface area contributed by atoms with E-state index in [2.05, 4.69) is 0 Å². The van der Waals surface area contributed by atoms with Crippen molar-refractivity contribution in [2.75, 3.05) is 0 Å². The maximum Gasteiger partial charge on any atom is 0.0799 e. The molecule has 0 aromatic heterocycles. The molecular formula is C11H15ClO2. The van der Waals surface area contributed by atoms with E-state index in [1.165, 1.54) is 0 Å². The van der Waals surface area contributed by atoms with Crippen molar-refractivity contribution >= 4 is 11.6 Å². The molecular weight excluding hydrogens is 200 g/mol. The van der Waals surface area contributed by atoms with Crippen LogP contribution in [0.5, 0.6) is 0 Å². The van der Waals surface area contributed by atoms with E-state index in [1.807, 2.05) is 24.3 Å². The molecule has 2 atom stereocenters. The highest BCUT2D eigenvalue weighted by Gasteiger charge is 2.10. The molecule has 0 saturated heterocycles. The summed E-state index contributed by atoms with van der Waals surface area (Å²) in [7, 11) is 0. The third-order valence-corrected chi connectivity index (χ3v) is 2.41. The van der Waals surface area contributed by atoms with Crippen LogP contribution in [0.4, 0.5) is 0 Å². The minimum Gasteiger partial charge on any atom is -0.391 e. The van der Waals surface area contributed by atoms with Gasteiger partial charge in [-0.2, -0.15) is 0 Å². The van der Waals surface area contributed by atoms with Crippen LogP contribution in [0.15, 0.2) is 24.3 Å². The summed E-state index contributed by atoms with van der Waals surface area (Å²) in [5.41, 5.74) is 1.08. The summed E-state index contributed by atoms with van der Waals surface area (Å²) in [5, 5.41) is 19.2. The lowest BCUT2D eigenvalue weighted by Gasteiger charge is -2.12. The van der Waals surface area contributed by atoms with Crippen LogP contribution in [-0.4, -0.2) is 22.4 Å². The quantitative estimate of drug-likeness (QED) is 0.805. The van der Waals surface area contributed by atoms with Gasteiger partial charge in [0.2, 0.25) is 0 Å². The molecule has 3 heteroatoms. The van der Waals surface area contributed by atoms with Gasteiger partial charge in [-0.3, -0.25) is 0 Å². The monoisotopic (exact) mass is 214 g/mol. The van der Waals surface area contributed by atoms with Crippen LogP contribution in [0.3, 0.4) is 0 Å². The molecule has 0 aliphatic heterocycles. The third-order valence-electron chi connectivity index (χ3n) is 2.17. The van der Waals surface area contributed by atoms with E-state index in [-0.39, 0.29) is 0 Å². The van der Waals surface area contributed by atoms with E-state index in [4.69, 9.17) is 16.7 Å². The normalized spacial score (nSPS) is 15.1. The average Bonchev–Trinajstić information content (AvgIpc) is 2.14. The fourth-order valence-corrected chi connectivity index (χ4v) is 1.46. The Bertz CT molecular complexity index is 286. The van der Waals surface area contributed by atoms with Crippen LogP contribution >= 0.6 is 11.6 Å². The molecule has 1 aromatic rings. The van der Waals surface area contributed by atoms with Crippen LogP contribution in [0.1, 0.15) is 18.9 Å². The molecule has 0 amide bonds. The van der Waals surface area contributed by atoms with Crippen LogP contribution in [0, 0.1) is 0 Å². The first-order valence-corrected chi connectivity index (χ1v) is 5.08. The van der Waals surface area contributed by atoms with Gasteiger partial charge in [-0.1, -0.05) is 23.7 Å². The second-order valence-electron chi connectivity index (χ2n) is 3.48. The molecule has 0 aliphatic rings. The van der Waals surface area contributed by atoms with Crippen molar-refractivity contribution in [1.82, 2.24) is 0 Å². The number of aryl methyl sites for hydroxylation is 1. The van der Waals surface area contributed by atoms with Crippen molar-refractivity contribution < 1.29 is 10.2 Å². The highest BCUT2D eigenvalue weighted by atomic mass is 35.5. The lowest BCUT2D eigenvalue weighted by Crippen LogP contribution is -2.22. The Hall–Kier alpha value is -0.570. The van der Waals surface area contributed by atoms with Crippen molar-refractivity contribution in [2.24, 2.45) is 0 Å². The predicted octanol–water partition coefficient (Wildman–Crippen LogP) is 2.01. The number of hydrogen-bond donors (Lipinski definition) is 2. The molecule has 78 valence electrons. The SMILES string of the molecule is CC(O)C(O)CCc1cccc(Cl)c1. The van der Waals surface area contributed by atoms with E-state index >= 15 is 0 Å². The van der Waals surface area contributed by atoms with E-state index in [0.717, 1.165) is 12.0 Å². The second-order valence-corrected chi connectivity index (χ2v) is 3.91. The molecule has 0 spiro atoms. The Balaban J connectivity index is 2.45. The molecule has 0 bridgehead atoms.